The lowest BCUT2D eigenvalue weighted by molar-refractivity contribution is -0.0919. The van der Waals surface area contributed by atoms with Gasteiger partial charge in [0.25, 0.3) is 5.91 Å². The van der Waals surface area contributed by atoms with Gasteiger partial charge < -0.3 is 15.3 Å². The Hall–Kier alpha value is -3.30. The van der Waals surface area contributed by atoms with Gasteiger partial charge in [-0.25, -0.2) is 9.38 Å². The molecule has 34 heavy (non-hydrogen) atoms. The normalized spacial score (nSPS) is 20.3. The highest BCUT2D eigenvalue weighted by Gasteiger charge is 2.59. The standard InChI is InChI=1S/C22H21F4N5O2S/c1-12(11-29-17(10-27)13(2)22(24,25)26)30-19(33)21(7-4-8-21)31(20(30)34)14-5-6-15(16(23)9-14)18(32)28-3/h5-6,9,11,19,33H,1,4,7-8H2,2-3H3,(H,28,32)/b17-13+,29-11?. The molecule has 2 N–H and O–H groups in total. The van der Waals surface area contributed by atoms with Crippen molar-refractivity contribution < 1.29 is 27.5 Å². The highest BCUT2D eigenvalue weighted by molar-refractivity contribution is 7.80. The van der Waals surface area contributed by atoms with Crippen LogP contribution in [0.25, 0.3) is 0 Å². The number of thiocarbonyl (C=S) groups is 1. The Morgan fingerprint density at radius 1 is 1.44 bits per heavy atom. The molecule has 1 heterocycles. The van der Waals surface area contributed by atoms with E-state index in [4.69, 9.17) is 17.5 Å². The molecule has 2 aliphatic rings. The monoisotopic (exact) mass is 495 g/mol. The molecule has 1 aliphatic heterocycles. The van der Waals surface area contributed by atoms with Crippen molar-refractivity contribution in [1.29, 1.82) is 5.26 Å². The van der Waals surface area contributed by atoms with Gasteiger partial charge in [-0.05, 0) is 56.6 Å². The van der Waals surface area contributed by atoms with E-state index >= 15 is 0 Å². The minimum Gasteiger partial charge on any atom is -0.371 e. The number of allylic oxidation sites excluding steroid dienone is 3. The van der Waals surface area contributed by atoms with Crippen molar-refractivity contribution in [2.24, 2.45) is 4.99 Å². The molecule has 1 spiro atoms. The molecule has 1 amide bonds. The number of anilines is 1. The Kier molecular flexibility index (Phi) is 6.82. The van der Waals surface area contributed by atoms with Gasteiger partial charge in [0.2, 0.25) is 0 Å². The Morgan fingerprint density at radius 3 is 2.56 bits per heavy atom. The van der Waals surface area contributed by atoms with E-state index in [0.717, 1.165) is 25.6 Å². The third kappa shape index (κ3) is 4.17. The fourth-order valence-corrected chi connectivity index (χ4v) is 4.44. The zero-order valence-electron chi connectivity index (χ0n) is 18.3. The van der Waals surface area contributed by atoms with Gasteiger partial charge in [0, 0.05) is 12.7 Å². The molecule has 1 aliphatic carbocycles. The maximum atomic E-state index is 14.6. The summed E-state index contributed by atoms with van der Waals surface area (Å²) in [6.45, 7) is 4.48. The highest BCUT2D eigenvalue weighted by Crippen LogP contribution is 2.49. The molecule has 2 fully saturated rings. The van der Waals surface area contributed by atoms with Crippen molar-refractivity contribution in [3.05, 3.63) is 53.1 Å². The Balaban J connectivity index is 1.96. The number of nitrogens with one attached hydrogen (secondary N) is 1. The number of aliphatic hydroxyl groups is 1. The van der Waals surface area contributed by atoms with Gasteiger partial charge in [0.15, 0.2) is 11.3 Å². The van der Waals surface area contributed by atoms with Gasteiger partial charge in [-0.15, -0.1) is 0 Å². The maximum absolute atomic E-state index is 14.6. The predicted octanol–water partition coefficient (Wildman–Crippen LogP) is 3.78. The van der Waals surface area contributed by atoms with Gasteiger partial charge in [-0.2, -0.15) is 18.4 Å². The number of aliphatic hydroxyl groups excluding tert-OH is 1. The molecule has 1 atom stereocenters. The molecule has 1 saturated carbocycles. The number of nitrogens with zero attached hydrogens (tertiary/aromatic N) is 4. The summed E-state index contributed by atoms with van der Waals surface area (Å²) in [6, 6.07) is 5.33. The van der Waals surface area contributed by atoms with Crippen LogP contribution in [0.2, 0.25) is 0 Å². The molecule has 1 unspecified atom stereocenters. The number of hydrogen-bond donors (Lipinski definition) is 2. The Morgan fingerprint density at radius 2 is 2.09 bits per heavy atom. The van der Waals surface area contributed by atoms with E-state index in [9.17, 15) is 27.5 Å². The van der Waals surface area contributed by atoms with Crippen molar-refractivity contribution >= 4 is 35.1 Å². The molecule has 12 heteroatoms. The zero-order valence-corrected chi connectivity index (χ0v) is 19.1. The topological polar surface area (TPSA) is 92.0 Å². The van der Waals surface area contributed by atoms with E-state index in [2.05, 4.69) is 16.9 Å². The first kappa shape index (κ1) is 25.3. The van der Waals surface area contributed by atoms with Crippen LogP contribution in [0.15, 0.2) is 46.7 Å². The molecule has 0 aromatic heterocycles. The van der Waals surface area contributed by atoms with Crippen molar-refractivity contribution in [3.8, 4) is 6.07 Å². The summed E-state index contributed by atoms with van der Waals surface area (Å²) in [6.07, 6.45) is -3.28. The maximum Gasteiger partial charge on any atom is 0.415 e. The first-order valence-corrected chi connectivity index (χ1v) is 10.5. The molecule has 3 rings (SSSR count). The van der Waals surface area contributed by atoms with Gasteiger partial charge >= 0.3 is 6.18 Å². The van der Waals surface area contributed by atoms with Crippen molar-refractivity contribution in [1.82, 2.24) is 10.2 Å². The van der Waals surface area contributed by atoms with Crippen LogP contribution < -0.4 is 10.2 Å². The first-order valence-electron chi connectivity index (χ1n) is 10.1. The van der Waals surface area contributed by atoms with E-state index in [1.165, 1.54) is 30.1 Å². The van der Waals surface area contributed by atoms with Crippen molar-refractivity contribution in [2.75, 3.05) is 11.9 Å². The number of carbonyl (C=O) groups excluding carboxylic acids is 1. The average molecular weight is 496 g/mol. The molecule has 1 aromatic rings. The van der Waals surface area contributed by atoms with E-state index in [0.29, 0.717) is 18.5 Å². The molecular weight excluding hydrogens is 474 g/mol. The minimum atomic E-state index is -4.73. The number of alkyl halides is 3. The quantitative estimate of drug-likeness (QED) is 0.280. The second-order valence-corrected chi connectivity index (χ2v) is 8.26. The summed E-state index contributed by atoms with van der Waals surface area (Å²) in [4.78, 5) is 18.2. The molecule has 180 valence electrons. The summed E-state index contributed by atoms with van der Waals surface area (Å²) in [5.74, 6) is -1.39. The van der Waals surface area contributed by atoms with Gasteiger partial charge in [-0.1, -0.05) is 6.58 Å². The number of carbonyl (C=O) groups is 1. The smallest absolute Gasteiger partial charge is 0.371 e. The second-order valence-electron chi connectivity index (χ2n) is 7.89. The predicted molar refractivity (Wildman–Crippen MR) is 121 cm³/mol. The van der Waals surface area contributed by atoms with Crippen LogP contribution in [0.4, 0.5) is 23.2 Å². The minimum absolute atomic E-state index is 0.0331. The average Bonchev–Trinajstić information content (AvgIpc) is 2.99. The number of rotatable bonds is 5. The van der Waals surface area contributed by atoms with E-state index in [1.54, 1.807) is 4.90 Å². The third-order valence-electron chi connectivity index (χ3n) is 6.01. The molecule has 0 bridgehead atoms. The number of nitriles is 1. The van der Waals surface area contributed by atoms with Gasteiger partial charge in [0.05, 0.1) is 28.6 Å². The lowest BCUT2D eigenvalue weighted by Gasteiger charge is -2.46. The Bertz CT molecular complexity index is 1150. The van der Waals surface area contributed by atoms with Crippen LogP contribution in [0, 0.1) is 17.1 Å². The summed E-state index contributed by atoms with van der Waals surface area (Å²) < 4.78 is 53.4. The van der Waals surface area contributed by atoms with Crippen LogP contribution in [-0.4, -0.2) is 52.2 Å². The largest absolute Gasteiger partial charge is 0.415 e. The highest BCUT2D eigenvalue weighted by atomic mass is 32.1. The summed E-state index contributed by atoms with van der Waals surface area (Å²) in [7, 11) is 1.37. The summed E-state index contributed by atoms with van der Waals surface area (Å²) in [5.41, 5.74) is -2.85. The molecule has 7 nitrogen and oxygen atoms in total. The van der Waals surface area contributed by atoms with Crippen LogP contribution in [0.1, 0.15) is 36.5 Å². The first-order chi connectivity index (χ1) is 15.9. The van der Waals surface area contributed by atoms with E-state index in [1.807, 2.05) is 0 Å². The lowest BCUT2D eigenvalue weighted by atomic mass is 9.74. The van der Waals surface area contributed by atoms with Gasteiger partial charge in [-0.3, -0.25) is 9.69 Å². The Labute approximate surface area is 198 Å². The molecule has 1 saturated heterocycles. The van der Waals surface area contributed by atoms with E-state index in [-0.39, 0.29) is 16.4 Å². The van der Waals surface area contributed by atoms with Crippen molar-refractivity contribution in [2.45, 2.75) is 44.1 Å². The van der Waals surface area contributed by atoms with Crippen molar-refractivity contribution in [3.63, 3.8) is 0 Å². The molecular formula is C22H21F4N5O2S. The SMILES string of the molecule is C=C(C=N/C(C#N)=C(\C)C(F)(F)F)N1C(=S)N(c2ccc(C(=O)NC)c(F)c2)C2(CCC2)C1O. The fourth-order valence-electron chi connectivity index (χ4n) is 3.93. The van der Waals surface area contributed by atoms with Crippen LogP contribution >= 0.6 is 12.2 Å². The van der Waals surface area contributed by atoms with Crippen LogP contribution in [-0.2, 0) is 0 Å². The molecule has 1 aromatic carbocycles. The number of amides is 1. The van der Waals surface area contributed by atoms with Gasteiger partial charge in [0.1, 0.15) is 17.6 Å². The summed E-state index contributed by atoms with van der Waals surface area (Å²) in [5, 5.41) is 22.5. The van der Waals surface area contributed by atoms with Crippen LogP contribution in [0.5, 0.6) is 0 Å². The number of aliphatic imine (C=N–C) groups is 1. The zero-order chi connectivity index (χ0) is 25.4. The molecule has 0 radical (unpaired) electrons. The summed E-state index contributed by atoms with van der Waals surface area (Å²) >= 11 is 5.53. The van der Waals surface area contributed by atoms with E-state index < -0.39 is 40.9 Å². The lowest BCUT2D eigenvalue weighted by Crippen LogP contribution is -2.57. The number of halogens is 4. The third-order valence-corrected chi connectivity index (χ3v) is 6.39. The van der Waals surface area contributed by atoms with Crippen LogP contribution in [0.3, 0.4) is 0 Å². The second kappa shape index (κ2) is 9.15. The number of hydrogen-bond acceptors (Lipinski definition) is 5. The fraction of sp³-hybridized carbons (Fsp3) is 0.364. The number of benzene rings is 1.